The van der Waals surface area contributed by atoms with Crippen molar-refractivity contribution in [3.05, 3.63) is 40.0 Å². The Balaban J connectivity index is 1.95. The molecule has 5 heteroatoms. The van der Waals surface area contributed by atoms with Crippen molar-refractivity contribution in [1.82, 2.24) is 0 Å². The van der Waals surface area contributed by atoms with Gasteiger partial charge in [0.25, 0.3) is 0 Å². The van der Waals surface area contributed by atoms with Crippen molar-refractivity contribution in [2.24, 2.45) is 17.8 Å². The van der Waals surface area contributed by atoms with Gasteiger partial charge >= 0.3 is 0 Å². The van der Waals surface area contributed by atoms with Gasteiger partial charge in [-0.05, 0) is 35.6 Å². The molecule has 0 unspecified atom stereocenters. The first-order valence-electron chi connectivity index (χ1n) is 9.60. The van der Waals surface area contributed by atoms with Crippen LogP contribution in [0.3, 0.4) is 0 Å². The molecule has 0 N–H and O–H groups in total. The summed E-state index contributed by atoms with van der Waals surface area (Å²) in [6.45, 7) is 11.9. The number of rotatable bonds is 8. The molecule has 1 aromatic rings. The molecule has 1 aliphatic heterocycles. The third-order valence-electron chi connectivity index (χ3n) is 5.14. The predicted molar refractivity (Wildman–Crippen MR) is 117 cm³/mol. The molecule has 2 rings (SSSR count). The predicted octanol–water partition coefficient (Wildman–Crippen LogP) is 5.59. The maximum Gasteiger partial charge on any atom is 0.163 e. The van der Waals surface area contributed by atoms with Crippen molar-refractivity contribution in [2.45, 2.75) is 59.2 Å². The van der Waals surface area contributed by atoms with E-state index < -0.39 is 5.79 Å². The molecule has 0 aromatic heterocycles. The monoisotopic (exact) mass is 488 g/mol. The lowest BCUT2D eigenvalue weighted by atomic mass is 9.82. The Bertz CT molecular complexity index is 599. The van der Waals surface area contributed by atoms with E-state index in [-0.39, 0.29) is 18.1 Å². The molecule has 0 spiro atoms. The first kappa shape index (κ1) is 22.7. The van der Waals surface area contributed by atoms with Gasteiger partial charge in [0.05, 0.1) is 32.5 Å². The molecule has 4 nitrogen and oxygen atoms in total. The third kappa shape index (κ3) is 6.44. The Kier molecular flexibility index (Phi) is 8.59. The SMILES string of the molecule is COc1ccc(COC[C@H](C)[C@@H]2OC(C)(C)O[C@@H]([C@@H](C)/C=C/I)[C@@H]2C)cc1. The highest BCUT2D eigenvalue weighted by Crippen LogP contribution is 2.38. The van der Waals surface area contributed by atoms with E-state index in [2.05, 4.69) is 53.5 Å². The quantitative estimate of drug-likeness (QED) is 0.448. The fourth-order valence-corrected chi connectivity index (χ4v) is 4.36. The third-order valence-corrected chi connectivity index (χ3v) is 5.56. The highest BCUT2D eigenvalue weighted by molar-refractivity contribution is 14.1. The molecule has 0 radical (unpaired) electrons. The molecule has 5 atom stereocenters. The fraction of sp³-hybridized carbons (Fsp3) is 0.636. The summed E-state index contributed by atoms with van der Waals surface area (Å²) >= 11 is 2.27. The van der Waals surface area contributed by atoms with E-state index in [1.807, 2.05) is 38.1 Å². The van der Waals surface area contributed by atoms with Gasteiger partial charge < -0.3 is 18.9 Å². The summed E-state index contributed by atoms with van der Waals surface area (Å²) in [7, 11) is 1.67. The van der Waals surface area contributed by atoms with Crippen LogP contribution >= 0.6 is 22.6 Å². The summed E-state index contributed by atoms with van der Waals surface area (Å²) in [5, 5.41) is 0. The van der Waals surface area contributed by atoms with Crippen LogP contribution in [0.5, 0.6) is 5.75 Å². The first-order valence-corrected chi connectivity index (χ1v) is 10.8. The summed E-state index contributed by atoms with van der Waals surface area (Å²) in [6.07, 6.45) is 2.43. The summed E-state index contributed by atoms with van der Waals surface area (Å²) in [6, 6.07) is 7.99. The molecule has 27 heavy (non-hydrogen) atoms. The molecule has 1 aromatic carbocycles. The van der Waals surface area contributed by atoms with Crippen molar-refractivity contribution in [1.29, 1.82) is 0 Å². The van der Waals surface area contributed by atoms with Gasteiger partial charge in [0.2, 0.25) is 0 Å². The van der Waals surface area contributed by atoms with Crippen LogP contribution in [0.15, 0.2) is 34.4 Å². The standard InChI is InChI=1S/C22H33IO4/c1-15(11-12-23)20-17(3)21(27-22(4,5)26-20)16(2)13-25-14-18-7-9-19(24-6)10-8-18/h7-12,15-17,20-21H,13-14H2,1-6H3/b12-11+/t15-,16-,17-,20-,21-/m0/s1. The van der Waals surface area contributed by atoms with Crippen molar-refractivity contribution in [3.8, 4) is 5.75 Å². The number of hydrogen-bond acceptors (Lipinski definition) is 4. The van der Waals surface area contributed by atoms with Gasteiger partial charge in [0.1, 0.15) is 5.75 Å². The van der Waals surface area contributed by atoms with Gasteiger partial charge in [-0.15, -0.1) is 0 Å². The van der Waals surface area contributed by atoms with Crippen molar-refractivity contribution in [3.63, 3.8) is 0 Å². The molecule has 0 bridgehead atoms. The van der Waals surface area contributed by atoms with E-state index >= 15 is 0 Å². The Morgan fingerprint density at radius 3 is 2.37 bits per heavy atom. The second-order valence-electron chi connectivity index (χ2n) is 7.94. The zero-order valence-electron chi connectivity index (χ0n) is 17.3. The van der Waals surface area contributed by atoms with Gasteiger partial charge in [-0.2, -0.15) is 0 Å². The second kappa shape index (κ2) is 10.2. The van der Waals surface area contributed by atoms with Crippen LogP contribution in [0.25, 0.3) is 0 Å². The van der Waals surface area contributed by atoms with Crippen LogP contribution in [-0.2, 0) is 20.8 Å². The minimum atomic E-state index is -0.584. The number of hydrogen-bond donors (Lipinski definition) is 0. The zero-order valence-corrected chi connectivity index (χ0v) is 19.4. The Hall–Kier alpha value is -0.630. The molecular formula is C22H33IO4. The Morgan fingerprint density at radius 1 is 1.15 bits per heavy atom. The van der Waals surface area contributed by atoms with Crippen LogP contribution < -0.4 is 4.74 Å². The van der Waals surface area contributed by atoms with Crippen molar-refractivity contribution < 1.29 is 18.9 Å². The smallest absolute Gasteiger partial charge is 0.163 e. The molecule has 0 saturated carbocycles. The van der Waals surface area contributed by atoms with E-state index in [0.29, 0.717) is 25.0 Å². The number of halogens is 1. The number of methoxy groups -OCH3 is 1. The zero-order chi connectivity index (χ0) is 20.0. The molecule has 1 fully saturated rings. The van der Waals surface area contributed by atoms with E-state index in [4.69, 9.17) is 18.9 Å². The van der Waals surface area contributed by atoms with E-state index in [1.165, 1.54) is 0 Å². The highest BCUT2D eigenvalue weighted by atomic mass is 127. The van der Waals surface area contributed by atoms with Gasteiger partial charge in [0, 0.05) is 17.8 Å². The van der Waals surface area contributed by atoms with Crippen molar-refractivity contribution >= 4 is 22.6 Å². The minimum absolute atomic E-state index is 0.0969. The lowest BCUT2D eigenvalue weighted by Crippen LogP contribution is -2.54. The Labute approximate surface area is 177 Å². The first-order chi connectivity index (χ1) is 12.8. The average molecular weight is 488 g/mol. The molecular weight excluding hydrogens is 455 g/mol. The van der Waals surface area contributed by atoms with Gasteiger partial charge in [-0.3, -0.25) is 0 Å². The van der Waals surface area contributed by atoms with Crippen molar-refractivity contribution in [2.75, 3.05) is 13.7 Å². The summed E-state index contributed by atoms with van der Waals surface area (Å²) < 4.78 is 25.8. The van der Waals surface area contributed by atoms with E-state index in [9.17, 15) is 0 Å². The van der Waals surface area contributed by atoms with Crippen LogP contribution in [0, 0.1) is 17.8 Å². The molecule has 1 heterocycles. The molecule has 1 aliphatic rings. The largest absolute Gasteiger partial charge is 0.497 e. The Morgan fingerprint density at radius 2 is 1.78 bits per heavy atom. The molecule has 152 valence electrons. The van der Waals surface area contributed by atoms with Gasteiger partial charge in [-0.25, -0.2) is 0 Å². The number of benzene rings is 1. The minimum Gasteiger partial charge on any atom is -0.497 e. The summed E-state index contributed by atoms with van der Waals surface area (Å²) in [5.41, 5.74) is 1.14. The lowest BCUT2D eigenvalue weighted by molar-refractivity contribution is -0.333. The average Bonchev–Trinajstić information content (AvgIpc) is 2.64. The lowest BCUT2D eigenvalue weighted by Gasteiger charge is -2.48. The fourth-order valence-electron chi connectivity index (χ4n) is 3.71. The maximum atomic E-state index is 6.29. The summed E-state index contributed by atoms with van der Waals surface area (Å²) in [4.78, 5) is 0. The van der Waals surface area contributed by atoms with Crippen LogP contribution in [0.2, 0.25) is 0 Å². The second-order valence-corrected chi connectivity index (χ2v) is 8.66. The van der Waals surface area contributed by atoms with E-state index in [1.54, 1.807) is 7.11 Å². The number of ether oxygens (including phenoxy) is 4. The van der Waals surface area contributed by atoms with Crippen LogP contribution in [0.1, 0.15) is 40.2 Å². The van der Waals surface area contributed by atoms with Crippen LogP contribution in [0.4, 0.5) is 0 Å². The molecule has 0 amide bonds. The van der Waals surface area contributed by atoms with E-state index in [0.717, 1.165) is 11.3 Å². The molecule has 0 aliphatic carbocycles. The van der Waals surface area contributed by atoms with Gasteiger partial charge in [-0.1, -0.05) is 61.6 Å². The summed E-state index contributed by atoms with van der Waals surface area (Å²) in [5.74, 6) is 1.19. The van der Waals surface area contributed by atoms with Gasteiger partial charge in [0.15, 0.2) is 5.79 Å². The molecule has 1 saturated heterocycles. The maximum absolute atomic E-state index is 6.29. The highest BCUT2D eigenvalue weighted by Gasteiger charge is 2.44. The normalized spacial score (nSPS) is 27.4. The van der Waals surface area contributed by atoms with Crippen LogP contribution in [-0.4, -0.2) is 31.7 Å². The topological polar surface area (TPSA) is 36.9 Å².